The van der Waals surface area contributed by atoms with E-state index in [2.05, 4.69) is 0 Å². The van der Waals surface area contributed by atoms with E-state index in [9.17, 15) is 14.7 Å². The number of aliphatic carboxylic acids is 1. The zero-order chi connectivity index (χ0) is 13.1. The van der Waals surface area contributed by atoms with Crippen LogP contribution in [-0.4, -0.2) is 11.8 Å². The fraction of sp³-hybridized carbons (Fsp3) is 0.143. The Hall–Kier alpha value is -0.304. The van der Waals surface area contributed by atoms with Crippen LogP contribution in [0.4, 0.5) is 0 Å². The number of carboxylic acids is 1. The first-order valence-electron chi connectivity index (χ1n) is 5.50. The Morgan fingerprint density at radius 1 is 1.11 bits per heavy atom. The van der Waals surface area contributed by atoms with E-state index in [-0.39, 0.29) is 57.2 Å². The van der Waals surface area contributed by atoms with E-state index in [0.29, 0.717) is 15.3 Å². The molecule has 2 rings (SSSR count). The van der Waals surface area contributed by atoms with Crippen molar-refractivity contribution in [3.05, 3.63) is 57.8 Å². The molecule has 0 N–H and O–H groups in total. The first kappa shape index (κ1) is 16.7. The maximum atomic E-state index is 12.1. The fourth-order valence-corrected chi connectivity index (χ4v) is 2.57. The smallest absolute Gasteiger partial charge is 0.549 e. The van der Waals surface area contributed by atoms with Gasteiger partial charge in [0.1, 0.15) is 0 Å². The predicted molar refractivity (Wildman–Crippen MR) is 67.6 cm³/mol. The van der Waals surface area contributed by atoms with Gasteiger partial charge in [-0.15, -0.1) is 11.3 Å². The molecular weight excluding hydrogens is 287 g/mol. The Kier molecular flexibility index (Phi) is 6.59. The van der Waals surface area contributed by atoms with Crippen LogP contribution in [0.5, 0.6) is 0 Å². The van der Waals surface area contributed by atoms with Crippen LogP contribution in [0.2, 0.25) is 0 Å². The Bertz CT molecular complexity index is 577. The van der Waals surface area contributed by atoms with Crippen LogP contribution in [0.25, 0.3) is 0 Å². The van der Waals surface area contributed by atoms with E-state index in [0.717, 1.165) is 0 Å². The molecule has 19 heavy (non-hydrogen) atoms. The average Bonchev–Trinajstić information content (AvgIpc) is 2.87. The van der Waals surface area contributed by atoms with Crippen molar-refractivity contribution in [3.8, 4) is 0 Å². The number of carbonyl (C=O) groups is 2. The van der Waals surface area contributed by atoms with E-state index < -0.39 is 11.9 Å². The van der Waals surface area contributed by atoms with Gasteiger partial charge in [-0.2, -0.15) is 0 Å². The van der Waals surface area contributed by atoms with Crippen LogP contribution < -0.4 is 56.5 Å². The van der Waals surface area contributed by atoms with Crippen molar-refractivity contribution in [1.29, 1.82) is 0 Å². The molecule has 92 valence electrons. The standard InChI is InChI=1S/C14H12O3S.K/c1-9(14(16)17)11-7-8-12(18-11)13(15)10-5-3-2-4-6-10;/h2-9H,1H3,(H,16,17);/q;+1/p-1. The first-order chi connectivity index (χ1) is 8.59. The minimum atomic E-state index is -1.13. The third kappa shape index (κ3) is 4.08. The summed E-state index contributed by atoms with van der Waals surface area (Å²) in [6.45, 7) is 1.55. The summed E-state index contributed by atoms with van der Waals surface area (Å²) in [5, 5.41) is 10.8. The van der Waals surface area contributed by atoms with Crippen LogP contribution in [0.15, 0.2) is 42.5 Å². The molecule has 3 nitrogen and oxygen atoms in total. The van der Waals surface area contributed by atoms with Gasteiger partial charge in [-0.1, -0.05) is 37.3 Å². The molecule has 1 aromatic carbocycles. The largest absolute Gasteiger partial charge is 1.00 e. The molecule has 0 saturated heterocycles. The Balaban J connectivity index is 0.00000180. The Morgan fingerprint density at radius 2 is 1.74 bits per heavy atom. The van der Waals surface area contributed by atoms with E-state index in [1.807, 2.05) is 6.07 Å². The molecule has 1 atom stereocenters. The van der Waals surface area contributed by atoms with Crippen molar-refractivity contribution in [1.82, 2.24) is 0 Å². The third-order valence-electron chi connectivity index (χ3n) is 2.67. The minimum absolute atomic E-state index is 0. The van der Waals surface area contributed by atoms with Crippen LogP contribution in [0.3, 0.4) is 0 Å². The molecule has 2 aromatic rings. The molecule has 5 heteroatoms. The average molecular weight is 298 g/mol. The molecule has 1 aromatic heterocycles. The molecular formula is C14H11KO3S. The number of carboxylic acid groups (broad SMARTS) is 1. The van der Waals surface area contributed by atoms with Gasteiger partial charge in [0.2, 0.25) is 5.78 Å². The molecule has 0 bridgehead atoms. The summed E-state index contributed by atoms with van der Waals surface area (Å²) in [5.41, 5.74) is 0.604. The van der Waals surface area contributed by atoms with Crippen molar-refractivity contribution >= 4 is 23.1 Å². The van der Waals surface area contributed by atoms with Gasteiger partial charge in [-0.3, -0.25) is 4.79 Å². The normalized spacial score (nSPS) is 11.4. The van der Waals surface area contributed by atoms with Crippen molar-refractivity contribution in [2.75, 3.05) is 0 Å². The first-order valence-corrected chi connectivity index (χ1v) is 6.31. The third-order valence-corrected chi connectivity index (χ3v) is 3.93. The topological polar surface area (TPSA) is 57.2 Å². The van der Waals surface area contributed by atoms with Gasteiger partial charge in [0.15, 0.2) is 0 Å². The molecule has 0 radical (unpaired) electrons. The van der Waals surface area contributed by atoms with E-state index in [1.165, 1.54) is 11.3 Å². The summed E-state index contributed by atoms with van der Waals surface area (Å²) in [6, 6.07) is 12.2. The molecule has 0 aliphatic carbocycles. The zero-order valence-electron chi connectivity index (χ0n) is 10.8. The second-order valence-corrected chi connectivity index (χ2v) is 5.05. The fourth-order valence-electron chi connectivity index (χ4n) is 1.56. The van der Waals surface area contributed by atoms with Crippen molar-refractivity contribution in [3.63, 3.8) is 0 Å². The van der Waals surface area contributed by atoms with E-state index in [1.54, 1.807) is 43.3 Å². The van der Waals surface area contributed by atoms with Crippen LogP contribution in [-0.2, 0) is 4.79 Å². The number of benzene rings is 1. The molecule has 0 saturated carbocycles. The van der Waals surface area contributed by atoms with Gasteiger partial charge in [0.25, 0.3) is 0 Å². The maximum absolute atomic E-state index is 12.1. The van der Waals surface area contributed by atoms with Crippen molar-refractivity contribution < 1.29 is 66.1 Å². The molecule has 0 amide bonds. The molecule has 0 spiro atoms. The van der Waals surface area contributed by atoms with Crippen molar-refractivity contribution in [2.24, 2.45) is 0 Å². The van der Waals surface area contributed by atoms with Gasteiger partial charge < -0.3 is 9.90 Å². The molecule has 0 aliphatic heterocycles. The summed E-state index contributed by atoms with van der Waals surface area (Å²) in [7, 11) is 0. The van der Waals surface area contributed by atoms with Crippen LogP contribution in [0.1, 0.15) is 33.0 Å². The summed E-state index contributed by atoms with van der Waals surface area (Å²) in [4.78, 5) is 24.0. The van der Waals surface area contributed by atoms with Crippen LogP contribution >= 0.6 is 11.3 Å². The van der Waals surface area contributed by atoms with E-state index in [4.69, 9.17) is 0 Å². The quantitative estimate of drug-likeness (QED) is 0.528. The van der Waals surface area contributed by atoms with Gasteiger partial charge in [0, 0.05) is 22.3 Å². The second-order valence-electron chi connectivity index (χ2n) is 3.94. The molecule has 0 aliphatic rings. The summed E-state index contributed by atoms with van der Waals surface area (Å²) < 4.78 is 0. The summed E-state index contributed by atoms with van der Waals surface area (Å²) >= 11 is 1.20. The molecule has 1 unspecified atom stereocenters. The SMILES string of the molecule is CC(C(=O)[O-])c1ccc(C(=O)c2ccccc2)s1.[K+]. The molecule has 0 fully saturated rings. The Labute approximate surface area is 158 Å². The summed E-state index contributed by atoms with van der Waals surface area (Å²) in [5.74, 6) is -1.90. The van der Waals surface area contributed by atoms with Gasteiger partial charge in [0.05, 0.1) is 4.88 Å². The zero-order valence-corrected chi connectivity index (χ0v) is 14.7. The Morgan fingerprint density at radius 3 is 2.32 bits per heavy atom. The minimum Gasteiger partial charge on any atom is -0.549 e. The van der Waals surface area contributed by atoms with Gasteiger partial charge >= 0.3 is 51.4 Å². The number of carbonyl (C=O) groups excluding carboxylic acids is 2. The second kappa shape index (κ2) is 7.47. The predicted octanol–water partition coefficient (Wildman–Crippen LogP) is -1.16. The van der Waals surface area contributed by atoms with Crippen LogP contribution in [0, 0.1) is 0 Å². The number of rotatable bonds is 4. The number of ketones is 1. The number of hydrogen-bond donors (Lipinski definition) is 0. The number of thiophene rings is 1. The van der Waals surface area contributed by atoms with Gasteiger partial charge in [-0.25, -0.2) is 0 Å². The van der Waals surface area contributed by atoms with Crippen molar-refractivity contribution in [2.45, 2.75) is 12.8 Å². The maximum Gasteiger partial charge on any atom is 1.00 e. The summed E-state index contributed by atoms with van der Waals surface area (Å²) in [6.07, 6.45) is 0. The van der Waals surface area contributed by atoms with Gasteiger partial charge in [-0.05, 0) is 12.1 Å². The monoisotopic (exact) mass is 298 g/mol. The number of hydrogen-bond acceptors (Lipinski definition) is 4. The van der Waals surface area contributed by atoms with E-state index >= 15 is 0 Å². The molecule has 1 heterocycles.